The van der Waals surface area contributed by atoms with Crippen LogP contribution in [0.5, 0.6) is 11.5 Å². The molecule has 4 nitrogen and oxygen atoms in total. The lowest BCUT2D eigenvalue weighted by Gasteiger charge is -2.16. The predicted molar refractivity (Wildman–Crippen MR) is 97.1 cm³/mol. The first kappa shape index (κ1) is 19.1. The minimum Gasteiger partial charge on any atom is -0.493 e. The molecule has 0 spiro atoms. The second-order valence-corrected chi connectivity index (χ2v) is 6.88. The zero-order chi connectivity index (χ0) is 19.6. The number of aryl methyl sites for hydroxylation is 1. The van der Waals surface area contributed by atoms with Crippen LogP contribution in [0.3, 0.4) is 0 Å². The summed E-state index contributed by atoms with van der Waals surface area (Å²) in [5.41, 5.74) is 1.88. The third-order valence-corrected chi connectivity index (χ3v) is 4.52. The van der Waals surface area contributed by atoms with Crippen LogP contribution in [-0.2, 0) is 4.79 Å². The fraction of sp³-hybridized carbons (Fsp3) is 0.381. The fourth-order valence-electron chi connectivity index (χ4n) is 2.76. The number of carboxylic acid groups (broad SMARTS) is 1. The number of rotatable bonds is 8. The minimum absolute atomic E-state index is 0.0904. The third-order valence-electron chi connectivity index (χ3n) is 4.52. The average molecular weight is 376 g/mol. The van der Waals surface area contributed by atoms with Gasteiger partial charge in [0.1, 0.15) is 5.75 Å². The van der Waals surface area contributed by atoms with Gasteiger partial charge in [-0.1, -0.05) is 19.1 Å². The van der Waals surface area contributed by atoms with Crippen LogP contribution in [0.4, 0.5) is 8.78 Å². The Morgan fingerprint density at radius 1 is 1.22 bits per heavy atom. The Balaban J connectivity index is 1.92. The highest BCUT2D eigenvalue weighted by Gasteiger charge is 2.24. The molecule has 0 aromatic heterocycles. The first-order valence-electron chi connectivity index (χ1n) is 9.01. The standard InChI is InChI=1S/C21H22F2O4/c1-3-18(21(24)25)27-20-16(22)9-14(10-17(20)23)15-7-4-12(2)8-19(15)26-11-13-5-6-13/h4,7-10,13,18H,3,5-6,11H2,1-2H3,(H,24,25). The van der Waals surface area contributed by atoms with Crippen molar-refractivity contribution in [2.75, 3.05) is 6.61 Å². The van der Waals surface area contributed by atoms with Gasteiger partial charge in [-0.15, -0.1) is 0 Å². The average Bonchev–Trinajstić information content (AvgIpc) is 3.43. The Bertz CT molecular complexity index is 823. The normalized spacial score (nSPS) is 14.7. The molecular weight excluding hydrogens is 354 g/mol. The van der Waals surface area contributed by atoms with Crippen LogP contribution in [0.25, 0.3) is 11.1 Å². The van der Waals surface area contributed by atoms with Gasteiger partial charge < -0.3 is 14.6 Å². The van der Waals surface area contributed by atoms with Crippen molar-refractivity contribution in [3.05, 3.63) is 47.5 Å². The Kier molecular flexibility index (Phi) is 5.63. The molecule has 1 saturated carbocycles. The van der Waals surface area contributed by atoms with Gasteiger partial charge in [-0.25, -0.2) is 13.6 Å². The van der Waals surface area contributed by atoms with Gasteiger partial charge in [0.05, 0.1) is 6.61 Å². The minimum atomic E-state index is -1.31. The summed E-state index contributed by atoms with van der Waals surface area (Å²) in [6.07, 6.45) is 1.06. The monoisotopic (exact) mass is 376 g/mol. The molecular formula is C21H22F2O4. The third kappa shape index (κ3) is 4.56. The molecule has 144 valence electrons. The van der Waals surface area contributed by atoms with Gasteiger partial charge in [0.15, 0.2) is 23.5 Å². The lowest BCUT2D eigenvalue weighted by molar-refractivity contribution is -0.145. The number of aliphatic carboxylic acids is 1. The van der Waals surface area contributed by atoms with Gasteiger partial charge in [-0.2, -0.15) is 0 Å². The van der Waals surface area contributed by atoms with E-state index in [2.05, 4.69) is 0 Å². The predicted octanol–water partition coefficient (Wildman–Crippen LogP) is 4.97. The summed E-state index contributed by atoms with van der Waals surface area (Å²) >= 11 is 0. The van der Waals surface area contributed by atoms with E-state index in [1.165, 1.54) is 0 Å². The van der Waals surface area contributed by atoms with Crippen molar-refractivity contribution in [3.63, 3.8) is 0 Å². The van der Waals surface area contributed by atoms with Crippen LogP contribution in [0, 0.1) is 24.5 Å². The first-order valence-corrected chi connectivity index (χ1v) is 9.01. The van der Waals surface area contributed by atoms with Crippen molar-refractivity contribution in [2.45, 2.75) is 39.2 Å². The molecule has 6 heteroatoms. The van der Waals surface area contributed by atoms with Crippen molar-refractivity contribution in [3.8, 4) is 22.6 Å². The van der Waals surface area contributed by atoms with E-state index in [0.717, 1.165) is 30.5 Å². The highest BCUT2D eigenvalue weighted by Crippen LogP contribution is 2.37. The van der Waals surface area contributed by atoms with E-state index < -0.39 is 29.5 Å². The van der Waals surface area contributed by atoms with E-state index in [4.69, 9.17) is 14.6 Å². The highest BCUT2D eigenvalue weighted by atomic mass is 19.1. The number of halogens is 2. The number of hydrogen-bond acceptors (Lipinski definition) is 3. The molecule has 2 aromatic rings. The van der Waals surface area contributed by atoms with Crippen molar-refractivity contribution >= 4 is 5.97 Å². The number of carboxylic acids is 1. The van der Waals surface area contributed by atoms with Crippen molar-refractivity contribution in [2.24, 2.45) is 5.92 Å². The number of ether oxygens (including phenoxy) is 2. The fourth-order valence-corrected chi connectivity index (χ4v) is 2.76. The Morgan fingerprint density at radius 2 is 1.89 bits per heavy atom. The highest BCUT2D eigenvalue weighted by molar-refractivity contribution is 5.73. The van der Waals surface area contributed by atoms with Crippen molar-refractivity contribution < 1.29 is 28.2 Å². The van der Waals surface area contributed by atoms with Crippen LogP contribution in [0.15, 0.2) is 30.3 Å². The topological polar surface area (TPSA) is 55.8 Å². The van der Waals surface area contributed by atoms with E-state index in [1.54, 1.807) is 13.0 Å². The Labute approximate surface area is 156 Å². The molecule has 1 unspecified atom stereocenters. The molecule has 0 radical (unpaired) electrons. The maximum absolute atomic E-state index is 14.5. The van der Waals surface area contributed by atoms with E-state index >= 15 is 0 Å². The lowest BCUT2D eigenvalue weighted by atomic mass is 10.0. The summed E-state index contributed by atoms with van der Waals surface area (Å²) in [7, 11) is 0. The van der Waals surface area contributed by atoms with Gasteiger partial charge >= 0.3 is 5.97 Å². The molecule has 27 heavy (non-hydrogen) atoms. The zero-order valence-corrected chi connectivity index (χ0v) is 15.3. The maximum Gasteiger partial charge on any atom is 0.344 e. The summed E-state index contributed by atoms with van der Waals surface area (Å²) in [5, 5.41) is 9.03. The second kappa shape index (κ2) is 7.94. The van der Waals surface area contributed by atoms with Crippen LogP contribution < -0.4 is 9.47 Å². The smallest absolute Gasteiger partial charge is 0.344 e. The van der Waals surface area contributed by atoms with Gasteiger partial charge in [-0.3, -0.25) is 0 Å². The van der Waals surface area contributed by atoms with Gasteiger partial charge in [0.2, 0.25) is 0 Å². The molecule has 1 atom stereocenters. The van der Waals surface area contributed by atoms with Crippen molar-refractivity contribution in [1.29, 1.82) is 0 Å². The quantitative estimate of drug-likeness (QED) is 0.707. The van der Waals surface area contributed by atoms with E-state index in [-0.39, 0.29) is 6.42 Å². The maximum atomic E-state index is 14.5. The molecule has 0 amide bonds. The second-order valence-electron chi connectivity index (χ2n) is 6.88. The molecule has 1 N–H and O–H groups in total. The first-order chi connectivity index (χ1) is 12.9. The SMILES string of the molecule is CCC(Oc1c(F)cc(-c2ccc(C)cc2OCC2CC2)cc1F)C(=O)O. The number of benzene rings is 2. The molecule has 2 aromatic carbocycles. The molecule has 1 fully saturated rings. The lowest BCUT2D eigenvalue weighted by Crippen LogP contribution is -2.26. The van der Waals surface area contributed by atoms with Gasteiger partial charge in [-0.05, 0) is 61.4 Å². The largest absolute Gasteiger partial charge is 0.493 e. The number of hydrogen-bond donors (Lipinski definition) is 1. The van der Waals surface area contributed by atoms with E-state index in [1.807, 2.05) is 19.1 Å². The van der Waals surface area contributed by atoms with Crippen LogP contribution in [-0.4, -0.2) is 23.8 Å². The number of carbonyl (C=O) groups is 1. The Morgan fingerprint density at radius 3 is 2.44 bits per heavy atom. The molecule has 0 aliphatic heterocycles. The van der Waals surface area contributed by atoms with Crippen LogP contribution in [0.2, 0.25) is 0 Å². The van der Waals surface area contributed by atoms with E-state index in [0.29, 0.717) is 29.4 Å². The van der Waals surface area contributed by atoms with Crippen LogP contribution in [0.1, 0.15) is 31.7 Å². The summed E-state index contributed by atoms with van der Waals surface area (Å²) in [6, 6.07) is 7.73. The van der Waals surface area contributed by atoms with Crippen LogP contribution >= 0.6 is 0 Å². The molecule has 0 bridgehead atoms. The summed E-state index contributed by atoms with van der Waals surface area (Å²) in [5.74, 6) is -2.72. The molecule has 3 rings (SSSR count). The summed E-state index contributed by atoms with van der Waals surface area (Å²) < 4.78 is 39.9. The zero-order valence-electron chi connectivity index (χ0n) is 15.3. The van der Waals surface area contributed by atoms with Gasteiger partial charge in [0.25, 0.3) is 0 Å². The van der Waals surface area contributed by atoms with Gasteiger partial charge in [0, 0.05) is 5.56 Å². The van der Waals surface area contributed by atoms with E-state index in [9.17, 15) is 13.6 Å². The molecule has 0 heterocycles. The van der Waals surface area contributed by atoms with Crippen molar-refractivity contribution in [1.82, 2.24) is 0 Å². The summed E-state index contributed by atoms with van der Waals surface area (Å²) in [4.78, 5) is 11.1. The molecule has 1 aliphatic rings. The molecule has 1 aliphatic carbocycles. The molecule has 0 saturated heterocycles. The summed E-state index contributed by atoms with van der Waals surface area (Å²) in [6.45, 7) is 4.07. The Hall–Kier alpha value is -2.63.